The number of ether oxygens (including phenoxy) is 3. The zero-order valence-electron chi connectivity index (χ0n) is 17.0. The molecule has 3 aromatic carbocycles. The molecule has 30 heavy (non-hydrogen) atoms. The number of aromatic nitrogens is 1. The van der Waals surface area contributed by atoms with E-state index in [1.54, 1.807) is 14.2 Å². The number of rotatable bonds is 5. The molecule has 150 valence electrons. The molecule has 5 heteroatoms. The van der Waals surface area contributed by atoms with Crippen molar-refractivity contribution >= 4 is 16.7 Å². The van der Waals surface area contributed by atoms with Crippen LogP contribution in [0.5, 0.6) is 11.5 Å². The third-order valence-electron chi connectivity index (χ3n) is 5.02. The van der Waals surface area contributed by atoms with Crippen molar-refractivity contribution in [3.8, 4) is 33.9 Å². The number of pyridine rings is 1. The van der Waals surface area contributed by atoms with Crippen LogP contribution in [0, 0.1) is 0 Å². The highest BCUT2D eigenvalue weighted by atomic mass is 16.5. The van der Waals surface area contributed by atoms with Crippen molar-refractivity contribution in [1.29, 1.82) is 0 Å². The third-order valence-corrected chi connectivity index (χ3v) is 5.02. The Hall–Kier alpha value is -3.86. The Morgan fingerprint density at radius 1 is 0.733 bits per heavy atom. The second-order valence-corrected chi connectivity index (χ2v) is 6.68. The molecule has 4 aromatic rings. The quantitative estimate of drug-likeness (QED) is 0.422. The molecule has 0 N–H and O–H groups in total. The Kier molecular flexibility index (Phi) is 5.35. The van der Waals surface area contributed by atoms with Crippen LogP contribution in [0.3, 0.4) is 0 Å². The fourth-order valence-corrected chi connectivity index (χ4v) is 3.53. The fraction of sp³-hybridized carbons (Fsp3) is 0.120. The first-order chi connectivity index (χ1) is 14.7. The zero-order chi connectivity index (χ0) is 21.1. The standard InChI is InChI=1S/C25H21NO4/c1-28-18-11-9-16(10-12-18)22-20-14-13-19(29-2)15-21(20)23(17-7-5-4-6-8-17)26-24(22)25(27)30-3/h4-15H,1-3H3. The molecule has 0 atom stereocenters. The maximum atomic E-state index is 12.7. The van der Waals surface area contributed by atoms with Gasteiger partial charge in [-0.3, -0.25) is 0 Å². The van der Waals surface area contributed by atoms with E-state index in [9.17, 15) is 4.79 Å². The molecule has 0 radical (unpaired) electrons. The van der Waals surface area contributed by atoms with Crippen LogP contribution in [-0.2, 0) is 4.74 Å². The van der Waals surface area contributed by atoms with E-state index in [1.165, 1.54) is 7.11 Å². The van der Waals surface area contributed by atoms with Crippen LogP contribution in [0.2, 0.25) is 0 Å². The summed E-state index contributed by atoms with van der Waals surface area (Å²) in [6.45, 7) is 0. The van der Waals surface area contributed by atoms with Gasteiger partial charge in [-0.05, 0) is 41.3 Å². The molecule has 0 aliphatic rings. The second-order valence-electron chi connectivity index (χ2n) is 6.68. The van der Waals surface area contributed by atoms with E-state index in [0.717, 1.165) is 27.6 Å². The molecular weight excluding hydrogens is 378 g/mol. The average molecular weight is 399 g/mol. The van der Waals surface area contributed by atoms with Gasteiger partial charge in [0.05, 0.1) is 27.0 Å². The number of esters is 1. The van der Waals surface area contributed by atoms with Crippen molar-refractivity contribution in [2.24, 2.45) is 0 Å². The number of benzene rings is 3. The number of carbonyl (C=O) groups is 1. The summed E-state index contributed by atoms with van der Waals surface area (Å²) >= 11 is 0. The summed E-state index contributed by atoms with van der Waals surface area (Å²) in [4.78, 5) is 17.5. The summed E-state index contributed by atoms with van der Waals surface area (Å²) in [5, 5.41) is 1.77. The summed E-state index contributed by atoms with van der Waals surface area (Å²) in [5.41, 5.74) is 3.42. The Bertz CT molecular complexity index is 1200. The summed E-state index contributed by atoms with van der Waals surface area (Å²) < 4.78 is 15.8. The number of carbonyl (C=O) groups excluding carboxylic acids is 1. The maximum Gasteiger partial charge on any atom is 0.357 e. The van der Waals surface area contributed by atoms with Crippen LogP contribution in [-0.4, -0.2) is 32.3 Å². The van der Waals surface area contributed by atoms with Crippen LogP contribution < -0.4 is 9.47 Å². The monoisotopic (exact) mass is 399 g/mol. The highest BCUT2D eigenvalue weighted by molar-refractivity contribution is 6.11. The fourth-order valence-electron chi connectivity index (χ4n) is 3.53. The molecule has 1 aromatic heterocycles. The minimum absolute atomic E-state index is 0.263. The summed E-state index contributed by atoms with van der Waals surface area (Å²) in [7, 11) is 4.61. The van der Waals surface area contributed by atoms with Gasteiger partial charge in [-0.15, -0.1) is 0 Å². The molecule has 0 bridgehead atoms. The average Bonchev–Trinajstić information content (AvgIpc) is 2.82. The van der Waals surface area contributed by atoms with Gasteiger partial charge in [0.15, 0.2) is 5.69 Å². The minimum Gasteiger partial charge on any atom is -0.497 e. The molecule has 4 rings (SSSR count). The van der Waals surface area contributed by atoms with Crippen LogP contribution in [0.4, 0.5) is 0 Å². The number of methoxy groups -OCH3 is 3. The lowest BCUT2D eigenvalue weighted by Crippen LogP contribution is -2.09. The molecule has 0 aliphatic heterocycles. The number of nitrogens with zero attached hydrogens (tertiary/aromatic N) is 1. The van der Waals surface area contributed by atoms with Gasteiger partial charge in [-0.2, -0.15) is 0 Å². The van der Waals surface area contributed by atoms with Gasteiger partial charge in [0.25, 0.3) is 0 Å². The lowest BCUT2D eigenvalue weighted by Gasteiger charge is -2.16. The first-order valence-electron chi connectivity index (χ1n) is 9.46. The van der Waals surface area contributed by atoms with Gasteiger partial charge < -0.3 is 14.2 Å². The first-order valence-corrected chi connectivity index (χ1v) is 9.46. The van der Waals surface area contributed by atoms with Crippen molar-refractivity contribution in [2.75, 3.05) is 21.3 Å². The number of hydrogen-bond donors (Lipinski definition) is 0. The maximum absolute atomic E-state index is 12.7. The van der Waals surface area contributed by atoms with Crippen molar-refractivity contribution < 1.29 is 19.0 Å². The van der Waals surface area contributed by atoms with Crippen LogP contribution >= 0.6 is 0 Å². The van der Waals surface area contributed by atoms with Crippen LogP contribution in [0.25, 0.3) is 33.2 Å². The topological polar surface area (TPSA) is 57.7 Å². The smallest absolute Gasteiger partial charge is 0.357 e. The molecule has 0 fully saturated rings. The van der Waals surface area contributed by atoms with E-state index >= 15 is 0 Å². The van der Waals surface area contributed by atoms with Gasteiger partial charge in [-0.25, -0.2) is 9.78 Å². The van der Waals surface area contributed by atoms with Crippen LogP contribution in [0.15, 0.2) is 72.8 Å². The molecule has 0 aliphatic carbocycles. The summed E-state index contributed by atoms with van der Waals surface area (Å²) in [6, 6.07) is 23.1. The number of fused-ring (bicyclic) bond motifs is 1. The van der Waals surface area contributed by atoms with Crippen molar-refractivity contribution in [2.45, 2.75) is 0 Å². The normalized spacial score (nSPS) is 10.6. The van der Waals surface area contributed by atoms with E-state index in [0.29, 0.717) is 17.0 Å². The first kappa shape index (κ1) is 19.5. The van der Waals surface area contributed by atoms with E-state index in [4.69, 9.17) is 19.2 Å². The molecule has 0 saturated heterocycles. The van der Waals surface area contributed by atoms with Crippen molar-refractivity contribution in [1.82, 2.24) is 4.98 Å². The summed E-state index contributed by atoms with van der Waals surface area (Å²) in [5.74, 6) is 0.960. The lowest BCUT2D eigenvalue weighted by molar-refractivity contribution is 0.0595. The van der Waals surface area contributed by atoms with Gasteiger partial charge in [-0.1, -0.05) is 42.5 Å². The highest BCUT2D eigenvalue weighted by Crippen LogP contribution is 2.38. The van der Waals surface area contributed by atoms with Crippen LogP contribution in [0.1, 0.15) is 10.5 Å². The van der Waals surface area contributed by atoms with E-state index in [-0.39, 0.29) is 5.69 Å². The minimum atomic E-state index is -0.490. The second kappa shape index (κ2) is 8.25. The largest absolute Gasteiger partial charge is 0.497 e. The van der Waals surface area contributed by atoms with E-state index < -0.39 is 5.97 Å². The molecule has 5 nitrogen and oxygen atoms in total. The molecular formula is C25H21NO4. The molecule has 1 heterocycles. The number of hydrogen-bond acceptors (Lipinski definition) is 5. The molecule has 0 unspecified atom stereocenters. The van der Waals surface area contributed by atoms with E-state index in [2.05, 4.69) is 0 Å². The van der Waals surface area contributed by atoms with Gasteiger partial charge in [0.1, 0.15) is 11.5 Å². The molecule has 0 amide bonds. The van der Waals surface area contributed by atoms with E-state index in [1.807, 2.05) is 72.8 Å². The lowest BCUT2D eigenvalue weighted by atomic mass is 9.93. The van der Waals surface area contributed by atoms with Gasteiger partial charge in [0.2, 0.25) is 0 Å². The van der Waals surface area contributed by atoms with Crippen molar-refractivity contribution in [3.05, 3.63) is 78.5 Å². The Balaban J connectivity index is 2.10. The van der Waals surface area contributed by atoms with Gasteiger partial charge in [0, 0.05) is 16.5 Å². The highest BCUT2D eigenvalue weighted by Gasteiger charge is 2.22. The Morgan fingerprint density at radius 2 is 1.40 bits per heavy atom. The molecule has 0 spiro atoms. The van der Waals surface area contributed by atoms with Crippen molar-refractivity contribution in [3.63, 3.8) is 0 Å². The van der Waals surface area contributed by atoms with Gasteiger partial charge >= 0.3 is 5.97 Å². The third kappa shape index (κ3) is 3.46. The summed E-state index contributed by atoms with van der Waals surface area (Å²) in [6.07, 6.45) is 0. The Labute approximate surface area is 174 Å². The SMILES string of the molecule is COC(=O)c1nc(-c2ccccc2)c2cc(OC)ccc2c1-c1ccc(OC)cc1. The molecule has 0 saturated carbocycles. The predicted octanol–water partition coefficient (Wildman–Crippen LogP) is 5.37. The Morgan fingerprint density at radius 3 is 2.03 bits per heavy atom. The predicted molar refractivity (Wildman–Crippen MR) is 117 cm³/mol. The zero-order valence-corrected chi connectivity index (χ0v) is 17.0.